The maximum atomic E-state index is 12.7. The minimum atomic E-state index is -0.705. The fraction of sp³-hybridized carbons (Fsp3) is 0. The molecule has 0 atom stereocenters. The number of hydrogen-bond donors (Lipinski definition) is 1. The van der Waals surface area contributed by atoms with Crippen LogP contribution in [0.1, 0.15) is 10.4 Å². The Morgan fingerprint density at radius 3 is 2.38 bits per heavy atom. The first-order valence-electron chi connectivity index (χ1n) is 9.89. The number of rotatable bonds is 4. The molecule has 156 valence electrons. The van der Waals surface area contributed by atoms with Crippen molar-refractivity contribution < 1.29 is 9.21 Å². The first-order chi connectivity index (χ1) is 15.7. The highest BCUT2D eigenvalue weighted by Crippen LogP contribution is 2.23. The minimum Gasteiger partial charge on any atom is -0.422 e. The number of fused-ring (bicyclic) bond motifs is 1. The quantitative estimate of drug-likeness (QED) is 0.330. The SMILES string of the molecule is O=C(N/N=c1/scc(-c2ccccc2)n1-c1ccccc1)c1cc2ccccc2oc1=O. The fourth-order valence-electron chi connectivity index (χ4n) is 3.41. The zero-order valence-electron chi connectivity index (χ0n) is 16.8. The molecule has 5 aromatic rings. The molecular weight excluding hydrogens is 422 g/mol. The van der Waals surface area contributed by atoms with Crippen LogP contribution in [0.2, 0.25) is 0 Å². The summed E-state index contributed by atoms with van der Waals surface area (Å²) in [7, 11) is 0. The Kier molecular flexibility index (Phi) is 5.23. The second-order valence-electron chi connectivity index (χ2n) is 6.98. The van der Waals surface area contributed by atoms with Gasteiger partial charge in [-0.1, -0.05) is 66.7 Å². The van der Waals surface area contributed by atoms with Gasteiger partial charge < -0.3 is 4.42 Å². The van der Waals surface area contributed by atoms with Gasteiger partial charge in [0.2, 0.25) is 4.80 Å². The van der Waals surface area contributed by atoms with Gasteiger partial charge in [-0.05, 0) is 29.8 Å². The average Bonchev–Trinajstić information content (AvgIpc) is 3.27. The van der Waals surface area contributed by atoms with E-state index in [-0.39, 0.29) is 5.56 Å². The molecule has 2 aromatic heterocycles. The average molecular weight is 439 g/mol. The Hall–Kier alpha value is -4.23. The summed E-state index contributed by atoms with van der Waals surface area (Å²) < 4.78 is 7.22. The van der Waals surface area contributed by atoms with Crippen LogP contribution in [0.5, 0.6) is 0 Å². The molecule has 0 aliphatic carbocycles. The summed E-state index contributed by atoms with van der Waals surface area (Å²) in [4.78, 5) is 25.6. The van der Waals surface area contributed by atoms with E-state index in [1.807, 2.05) is 76.7 Å². The number of hydrogen-bond acceptors (Lipinski definition) is 5. The number of nitrogens with zero attached hydrogens (tertiary/aromatic N) is 2. The van der Waals surface area contributed by atoms with Crippen LogP contribution in [-0.2, 0) is 0 Å². The summed E-state index contributed by atoms with van der Waals surface area (Å²) in [5, 5.41) is 6.98. The summed E-state index contributed by atoms with van der Waals surface area (Å²) in [5.74, 6) is -0.626. The van der Waals surface area contributed by atoms with Gasteiger partial charge in [0.15, 0.2) is 0 Å². The molecule has 6 nitrogen and oxygen atoms in total. The molecule has 5 rings (SSSR count). The van der Waals surface area contributed by atoms with E-state index in [4.69, 9.17) is 4.42 Å². The molecule has 0 spiro atoms. The second kappa shape index (κ2) is 8.49. The molecule has 0 saturated heterocycles. The molecule has 1 amide bonds. The van der Waals surface area contributed by atoms with E-state index in [1.54, 1.807) is 18.2 Å². The summed E-state index contributed by atoms with van der Waals surface area (Å²) in [5.41, 5.74) is 5.01. The highest BCUT2D eigenvalue weighted by Gasteiger charge is 2.14. The van der Waals surface area contributed by atoms with E-state index in [1.165, 1.54) is 17.4 Å². The Morgan fingerprint density at radius 2 is 1.59 bits per heavy atom. The van der Waals surface area contributed by atoms with Crippen molar-refractivity contribution in [3.8, 4) is 16.9 Å². The fourth-order valence-corrected chi connectivity index (χ4v) is 4.27. The summed E-state index contributed by atoms with van der Waals surface area (Å²) in [6, 6.07) is 28.3. The third-order valence-corrected chi connectivity index (χ3v) is 5.76. The summed E-state index contributed by atoms with van der Waals surface area (Å²) >= 11 is 1.39. The van der Waals surface area contributed by atoms with Crippen LogP contribution < -0.4 is 15.9 Å². The highest BCUT2D eigenvalue weighted by molar-refractivity contribution is 7.07. The van der Waals surface area contributed by atoms with E-state index in [2.05, 4.69) is 10.5 Å². The van der Waals surface area contributed by atoms with Crippen LogP contribution in [-0.4, -0.2) is 10.5 Å². The van der Waals surface area contributed by atoms with Crippen molar-refractivity contribution >= 4 is 28.2 Å². The molecule has 0 saturated carbocycles. The van der Waals surface area contributed by atoms with Crippen LogP contribution in [0.4, 0.5) is 0 Å². The van der Waals surface area contributed by atoms with Gasteiger partial charge in [0.05, 0.1) is 5.69 Å². The molecule has 32 heavy (non-hydrogen) atoms. The molecular formula is C25H17N3O3S. The van der Waals surface area contributed by atoms with Crippen molar-refractivity contribution in [2.45, 2.75) is 0 Å². The number of thiazole rings is 1. The zero-order valence-corrected chi connectivity index (χ0v) is 17.6. The number of carbonyl (C=O) groups is 1. The van der Waals surface area contributed by atoms with Crippen molar-refractivity contribution in [1.82, 2.24) is 9.99 Å². The van der Waals surface area contributed by atoms with Crippen molar-refractivity contribution in [2.75, 3.05) is 0 Å². The van der Waals surface area contributed by atoms with E-state index in [9.17, 15) is 9.59 Å². The number of carbonyl (C=O) groups excluding carboxylic acids is 1. The molecule has 0 radical (unpaired) electrons. The Morgan fingerprint density at radius 1 is 0.906 bits per heavy atom. The topological polar surface area (TPSA) is 76.6 Å². The van der Waals surface area contributed by atoms with Crippen molar-refractivity contribution in [1.29, 1.82) is 0 Å². The van der Waals surface area contributed by atoms with E-state index >= 15 is 0 Å². The van der Waals surface area contributed by atoms with Gasteiger partial charge in [-0.25, -0.2) is 10.2 Å². The number of amides is 1. The molecule has 0 fully saturated rings. The summed E-state index contributed by atoms with van der Waals surface area (Å²) in [6.07, 6.45) is 0. The normalized spacial score (nSPS) is 11.6. The van der Waals surface area contributed by atoms with Gasteiger partial charge in [0, 0.05) is 16.5 Å². The minimum absolute atomic E-state index is 0.0986. The maximum absolute atomic E-state index is 12.7. The van der Waals surface area contributed by atoms with Crippen molar-refractivity contribution in [3.05, 3.63) is 117 Å². The Balaban J connectivity index is 1.56. The van der Waals surface area contributed by atoms with Crippen LogP contribution in [0.3, 0.4) is 0 Å². The number of benzene rings is 3. The van der Waals surface area contributed by atoms with Crippen LogP contribution >= 0.6 is 11.3 Å². The highest BCUT2D eigenvalue weighted by atomic mass is 32.1. The van der Waals surface area contributed by atoms with Crippen LogP contribution in [0.25, 0.3) is 27.9 Å². The van der Waals surface area contributed by atoms with Gasteiger partial charge in [0.1, 0.15) is 11.1 Å². The molecule has 3 aromatic carbocycles. The Labute approximate surface area is 186 Å². The predicted octanol–water partition coefficient (Wildman–Crippen LogP) is 4.56. The smallest absolute Gasteiger partial charge is 0.349 e. The van der Waals surface area contributed by atoms with Crippen LogP contribution in [0, 0.1) is 0 Å². The largest absolute Gasteiger partial charge is 0.422 e. The van der Waals surface area contributed by atoms with E-state index in [0.717, 1.165) is 16.9 Å². The van der Waals surface area contributed by atoms with E-state index in [0.29, 0.717) is 15.8 Å². The lowest BCUT2D eigenvalue weighted by Gasteiger charge is -2.09. The third-order valence-electron chi connectivity index (χ3n) is 4.93. The van der Waals surface area contributed by atoms with E-state index < -0.39 is 11.5 Å². The van der Waals surface area contributed by atoms with Gasteiger partial charge >= 0.3 is 5.63 Å². The second-order valence-corrected chi connectivity index (χ2v) is 7.82. The van der Waals surface area contributed by atoms with Gasteiger partial charge in [-0.15, -0.1) is 16.4 Å². The molecule has 0 aliphatic rings. The molecule has 1 N–H and O–H groups in total. The van der Waals surface area contributed by atoms with Gasteiger partial charge in [-0.3, -0.25) is 9.36 Å². The number of nitrogens with one attached hydrogen (secondary N) is 1. The third kappa shape index (κ3) is 3.77. The monoisotopic (exact) mass is 439 g/mol. The van der Waals surface area contributed by atoms with Crippen molar-refractivity contribution in [3.63, 3.8) is 0 Å². The molecule has 7 heteroatoms. The molecule has 0 bridgehead atoms. The molecule has 2 heterocycles. The molecule has 0 unspecified atom stereocenters. The first-order valence-corrected chi connectivity index (χ1v) is 10.8. The van der Waals surface area contributed by atoms with Crippen LogP contribution in [0.15, 0.2) is 111 Å². The number of para-hydroxylation sites is 2. The lowest BCUT2D eigenvalue weighted by atomic mass is 10.1. The lowest BCUT2D eigenvalue weighted by molar-refractivity contribution is 0.0949. The first kappa shape index (κ1) is 19.7. The zero-order chi connectivity index (χ0) is 21.9. The lowest BCUT2D eigenvalue weighted by Crippen LogP contribution is -2.27. The maximum Gasteiger partial charge on any atom is 0.349 e. The molecule has 0 aliphatic heterocycles. The van der Waals surface area contributed by atoms with Gasteiger partial charge in [0.25, 0.3) is 5.91 Å². The van der Waals surface area contributed by atoms with Gasteiger partial charge in [-0.2, -0.15) is 0 Å². The number of aromatic nitrogens is 1. The standard InChI is InChI=1S/C25H17N3O3S/c29-23(20-15-18-11-7-8-14-22(18)31-24(20)30)26-27-25-28(19-12-5-2-6-13-19)21(16-32-25)17-9-3-1-4-10-17/h1-16H,(H,26,29)/b27-25+. The predicted molar refractivity (Wildman–Crippen MR) is 125 cm³/mol. The Bertz CT molecular complexity index is 1530. The van der Waals surface area contributed by atoms with Crippen molar-refractivity contribution in [2.24, 2.45) is 5.10 Å². The summed E-state index contributed by atoms with van der Waals surface area (Å²) in [6.45, 7) is 0.